The summed E-state index contributed by atoms with van der Waals surface area (Å²) in [5, 5.41) is 1.90. The third-order valence-corrected chi connectivity index (χ3v) is 8.02. The van der Waals surface area contributed by atoms with Gasteiger partial charge in [-0.3, -0.25) is 0 Å². The van der Waals surface area contributed by atoms with E-state index in [4.69, 9.17) is 0 Å². The van der Waals surface area contributed by atoms with Crippen LogP contribution in [0.1, 0.15) is 16.7 Å². The molecule has 2 fully saturated rings. The molecule has 0 atom stereocenters. The maximum Gasteiger partial charge on any atom is 2.00 e. The van der Waals surface area contributed by atoms with Crippen molar-refractivity contribution in [1.82, 2.24) is 0 Å². The van der Waals surface area contributed by atoms with Crippen molar-refractivity contribution < 1.29 is 43.4 Å². The normalized spacial score (nSPS) is 16.7. The van der Waals surface area contributed by atoms with Crippen molar-refractivity contribution in [1.29, 1.82) is 0 Å². The van der Waals surface area contributed by atoms with Gasteiger partial charge in [-0.2, -0.15) is 26.3 Å². The number of hydrogen-bond donors (Lipinski definition) is 0. The van der Waals surface area contributed by atoms with E-state index >= 15 is 0 Å². The van der Waals surface area contributed by atoms with Gasteiger partial charge in [0.2, 0.25) is 0 Å². The predicted molar refractivity (Wildman–Crippen MR) is 136 cm³/mol. The molecule has 3 aromatic carbocycles. The van der Waals surface area contributed by atoms with E-state index in [0.717, 1.165) is 22.7 Å². The minimum atomic E-state index is -4.90. The fraction of sp³-hybridized carbons (Fsp3) is 0.0667. The van der Waals surface area contributed by atoms with Crippen molar-refractivity contribution in [3.05, 3.63) is 158 Å². The number of alkyl halides is 6. The van der Waals surface area contributed by atoms with Crippen LogP contribution in [0, 0.1) is 62.9 Å². The molecule has 194 valence electrons. The molecule has 2 aliphatic rings. The molecule has 0 nitrogen and oxygen atoms in total. The third kappa shape index (κ3) is 7.87. The van der Waals surface area contributed by atoms with Crippen LogP contribution in [0.3, 0.4) is 0 Å². The van der Waals surface area contributed by atoms with Crippen LogP contribution in [0.2, 0.25) is 0 Å². The minimum Gasteiger partial charge on any atom is -0.166 e. The Morgan fingerprint density at radius 1 is 0.500 bits per heavy atom. The van der Waals surface area contributed by atoms with Crippen LogP contribution in [-0.2, 0) is 29.4 Å². The maximum atomic E-state index is 13.4. The Morgan fingerprint density at radius 3 is 1.32 bits per heavy atom. The molecule has 10 radical (unpaired) electrons. The van der Waals surface area contributed by atoms with E-state index in [0.29, 0.717) is 11.6 Å². The molecule has 5 rings (SSSR count). The monoisotopic (exact) mass is 582 g/mol. The SMILES string of the molecule is FC(F)(F)c1cc([C]2[CH][CH][CH][C]2P(c2ccccc2)c2ccccc2)cc(C(F)(F)F)c1.[CH]1[CH][CH][CH][CH]1.[Fe+2]. The summed E-state index contributed by atoms with van der Waals surface area (Å²) >= 11 is 0. The molecule has 2 saturated carbocycles. The van der Waals surface area contributed by atoms with Gasteiger partial charge in [0.1, 0.15) is 0 Å². The van der Waals surface area contributed by atoms with Gasteiger partial charge in [-0.15, -0.1) is 0 Å². The number of hydrogen-bond acceptors (Lipinski definition) is 0. The zero-order chi connectivity index (χ0) is 26.5. The summed E-state index contributed by atoms with van der Waals surface area (Å²) < 4.78 is 80.4. The van der Waals surface area contributed by atoms with E-state index in [9.17, 15) is 26.3 Å². The molecule has 0 unspecified atom stereocenters. The zero-order valence-corrected chi connectivity index (χ0v) is 21.7. The fourth-order valence-corrected chi connectivity index (χ4v) is 6.34. The quantitative estimate of drug-likeness (QED) is 0.167. The van der Waals surface area contributed by atoms with E-state index in [1.807, 2.05) is 92.8 Å². The van der Waals surface area contributed by atoms with Crippen LogP contribution in [0.15, 0.2) is 78.9 Å². The Morgan fingerprint density at radius 2 is 0.921 bits per heavy atom. The summed E-state index contributed by atoms with van der Waals surface area (Å²) in [5.41, 5.74) is -2.05. The fourth-order valence-electron chi connectivity index (χ4n) is 3.86. The van der Waals surface area contributed by atoms with Gasteiger partial charge in [0.25, 0.3) is 0 Å². The summed E-state index contributed by atoms with van der Waals surface area (Å²) in [6, 6.07) is 20.6. The average Bonchev–Trinajstić information content (AvgIpc) is 3.60. The van der Waals surface area contributed by atoms with E-state index in [1.54, 1.807) is 19.3 Å². The minimum absolute atomic E-state index is 0. The van der Waals surface area contributed by atoms with Crippen LogP contribution in [-0.4, -0.2) is 0 Å². The van der Waals surface area contributed by atoms with Gasteiger partial charge in [-0.25, -0.2) is 0 Å². The molecular weight excluding hydrogens is 561 g/mol. The molecule has 0 amide bonds. The molecule has 2 aliphatic carbocycles. The Bertz CT molecular complexity index is 1050. The van der Waals surface area contributed by atoms with Crippen molar-refractivity contribution in [2.24, 2.45) is 0 Å². The third-order valence-electron chi connectivity index (χ3n) is 5.52. The Hall–Kier alpha value is -1.81. The molecular formula is C30H21F6FeP+2. The molecule has 8 heteroatoms. The molecule has 0 saturated heterocycles. The van der Waals surface area contributed by atoms with E-state index < -0.39 is 31.4 Å². The Kier molecular flexibility index (Phi) is 10.9. The van der Waals surface area contributed by atoms with Crippen molar-refractivity contribution in [2.45, 2.75) is 12.4 Å². The first-order valence-electron chi connectivity index (χ1n) is 11.3. The topological polar surface area (TPSA) is 0 Å². The molecule has 0 N–H and O–H groups in total. The van der Waals surface area contributed by atoms with Crippen LogP contribution >= 0.6 is 7.92 Å². The van der Waals surface area contributed by atoms with Crippen molar-refractivity contribution in [2.75, 3.05) is 0 Å². The summed E-state index contributed by atoms with van der Waals surface area (Å²) in [7, 11) is -1.19. The van der Waals surface area contributed by atoms with Crippen LogP contribution < -0.4 is 10.6 Å². The Labute approximate surface area is 232 Å². The second-order valence-corrected chi connectivity index (χ2v) is 10.3. The summed E-state index contributed by atoms with van der Waals surface area (Å²) in [5.74, 6) is 0.361. The van der Waals surface area contributed by atoms with Crippen molar-refractivity contribution in [3.8, 4) is 0 Å². The summed E-state index contributed by atoms with van der Waals surface area (Å²) in [6.45, 7) is 0. The standard InChI is InChI=1S/C25H16F6P.C5H5.Fe/c26-24(27,28)18-14-17(15-19(16-18)25(29,30)31)22-12-7-13-23(22)32(20-8-3-1-4-9-20)21-10-5-2-6-11-21;1-2-4-5-3-1;/h1-16H;1-5H;/q;;+2. The molecule has 0 heterocycles. The van der Waals surface area contributed by atoms with Crippen molar-refractivity contribution in [3.63, 3.8) is 0 Å². The first kappa shape index (κ1) is 30.7. The van der Waals surface area contributed by atoms with Gasteiger partial charge in [-0.1, -0.05) is 60.7 Å². The predicted octanol–water partition coefficient (Wildman–Crippen LogP) is 7.96. The molecule has 38 heavy (non-hydrogen) atoms. The molecule has 0 spiro atoms. The largest absolute Gasteiger partial charge is 2.00 e. The molecule has 0 bridgehead atoms. The van der Waals surface area contributed by atoms with Gasteiger partial charge in [0, 0.05) is 11.6 Å². The van der Waals surface area contributed by atoms with Gasteiger partial charge in [0.15, 0.2) is 0 Å². The van der Waals surface area contributed by atoms with Crippen molar-refractivity contribution >= 4 is 18.5 Å². The zero-order valence-electron chi connectivity index (χ0n) is 19.7. The van der Waals surface area contributed by atoms with Crippen LogP contribution in [0.25, 0.3) is 0 Å². The van der Waals surface area contributed by atoms with E-state index in [1.165, 1.54) is 0 Å². The summed E-state index contributed by atoms with van der Waals surface area (Å²) in [6.07, 6.45) is 5.22. The second-order valence-electron chi connectivity index (χ2n) is 8.09. The number of halogens is 6. The van der Waals surface area contributed by atoms with Crippen LogP contribution in [0.4, 0.5) is 26.3 Å². The van der Waals surface area contributed by atoms with Crippen LogP contribution in [0.5, 0.6) is 0 Å². The molecule has 0 aromatic heterocycles. The second kappa shape index (κ2) is 13.5. The first-order valence-corrected chi connectivity index (χ1v) is 12.6. The first-order chi connectivity index (χ1) is 17.6. The number of rotatable bonds is 4. The van der Waals surface area contributed by atoms with Gasteiger partial charge in [0.05, 0.1) is 11.1 Å². The number of benzene rings is 3. The van der Waals surface area contributed by atoms with Gasteiger partial charge in [-0.05, 0) is 93.7 Å². The van der Waals surface area contributed by atoms with Gasteiger partial charge >= 0.3 is 29.4 Å². The van der Waals surface area contributed by atoms with Gasteiger partial charge < -0.3 is 0 Å². The smallest absolute Gasteiger partial charge is 0.166 e. The molecule has 0 aliphatic heterocycles. The summed E-state index contributed by atoms with van der Waals surface area (Å²) in [4.78, 5) is 0. The van der Waals surface area contributed by atoms with E-state index in [-0.39, 0.29) is 28.7 Å². The van der Waals surface area contributed by atoms with E-state index in [2.05, 4.69) is 0 Å². The molecule has 3 aromatic rings. The Balaban J connectivity index is 0.000000598. The average molecular weight is 582 g/mol. The maximum absolute atomic E-state index is 13.4.